The van der Waals surface area contributed by atoms with Crippen LogP contribution in [-0.2, 0) is 9.47 Å². The van der Waals surface area contributed by atoms with Crippen molar-refractivity contribution in [1.82, 2.24) is 0 Å². The highest BCUT2D eigenvalue weighted by Gasteiger charge is 2.56. The molecule has 0 aromatic carbocycles. The van der Waals surface area contributed by atoms with Crippen LogP contribution in [0.15, 0.2) is 0 Å². The van der Waals surface area contributed by atoms with Crippen LogP contribution in [0.4, 0.5) is 22.0 Å². The lowest BCUT2D eigenvalue weighted by molar-refractivity contribution is -0.284. The van der Waals surface area contributed by atoms with Crippen molar-refractivity contribution >= 4 is 0 Å². The van der Waals surface area contributed by atoms with Crippen LogP contribution in [-0.4, -0.2) is 38.0 Å². The summed E-state index contributed by atoms with van der Waals surface area (Å²) in [6, 6.07) is 0. The normalized spacial score (nSPS) is 18.1. The van der Waals surface area contributed by atoms with Crippen molar-refractivity contribution in [3.63, 3.8) is 0 Å². The number of unbranched alkanes of at least 4 members (excludes halogenated alkanes) is 11. The standard InChI is InChI=1S/C21H37F5O2/c22-20(23,21(24,25)26)15-11-9-7-5-3-1-2-4-6-8-10-12-16-27-18-19-14-13-17-28-19/h19H,1-18H2. The van der Waals surface area contributed by atoms with Gasteiger partial charge in [0.05, 0.1) is 12.7 Å². The Morgan fingerprint density at radius 2 is 1.21 bits per heavy atom. The van der Waals surface area contributed by atoms with Crippen LogP contribution in [0.1, 0.15) is 96.3 Å². The van der Waals surface area contributed by atoms with Gasteiger partial charge in [-0.05, 0) is 25.7 Å². The second-order valence-corrected chi connectivity index (χ2v) is 7.90. The quantitative estimate of drug-likeness (QED) is 0.181. The first-order chi connectivity index (χ1) is 13.3. The summed E-state index contributed by atoms with van der Waals surface area (Å²) in [6.45, 7) is 2.41. The van der Waals surface area contributed by atoms with Gasteiger partial charge in [0.1, 0.15) is 0 Å². The molecule has 0 aromatic heterocycles. The minimum absolute atomic E-state index is 0.0656. The van der Waals surface area contributed by atoms with E-state index in [4.69, 9.17) is 9.47 Å². The molecule has 1 fully saturated rings. The fourth-order valence-corrected chi connectivity index (χ4v) is 3.45. The van der Waals surface area contributed by atoms with E-state index in [2.05, 4.69) is 0 Å². The van der Waals surface area contributed by atoms with Gasteiger partial charge in [0, 0.05) is 19.6 Å². The third-order valence-electron chi connectivity index (χ3n) is 5.27. The van der Waals surface area contributed by atoms with E-state index in [0.717, 1.165) is 64.8 Å². The highest BCUT2D eigenvalue weighted by Crippen LogP contribution is 2.39. The molecule has 168 valence electrons. The van der Waals surface area contributed by atoms with Crippen LogP contribution in [0.25, 0.3) is 0 Å². The molecule has 1 aliphatic heterocycles. The van der Waals surface area contributed by atoms with Crippen LogP contribution in [0.2, 0.25) is 0 Å². The first-order valence-electron chi connectivity index (χ1n) is 11.0. The van der Waals surface area contributed by atoms with Crippen molar-refractivity contribution in [2.75, 3.05) is 19.8 Å². The molecule has 0 saturated carbocycles. The number of hydrogen-bond donors (Lipinski definition) is 0. The summed E-state index contributed by atoms with van der Waals surface area (Å²) in [5, 5.41) is 0. The van der Waals surface area contributed by atoms with Gasteiger partial charge in [0.25, 0.3) is 0 Å². The topological polar surface area (TPSA) is 18.5 Å². The van der Waals surface area contributed by atoms with Crippen LogP contribution in [0.5, 0.6) is 0 Å². The van der Waals surface area contributed by atoms with Gasteiger partial charge in [-0.2, -0.15) is 22.0 Å². The summed E-state index contributed by atoms with van der Waals surface area (Å²) < 4.78 is 72.6. The van der Waals surface area contributed by atoms with Crippen molar-refractivity contribution in [1.29, 1.82) is 0 Å². The summed E-state index contributed by atoms with van der Waals surface area (Å²) in [5.41, 5.74) is 0. The zero-order chi connectivity index (χ0) is 20.7. The Hall–Kier alpha value is -0.430. The molecule has 0 aromatic rings. The Morgan fingerprint density at radius 1 is 0.714 bits per heavy atom. The van der Waals surface area contributed by atoms with Crippen LogP contribution < -0.4 is 0 Å². The molecule has 0 bridgehead atoms. The fourth-order valence-electron chi connectivity index (χ4n) is 3.45. The predicted octanol–water partition coefficient (Wildman–Crippen LogP) is 7.45. The first-order valence-corrected chi connectivity index (χ1v) is 11.0. The molecule has 1 unspecified atom stereocenters. The highest BCUT2D eigenvalue weighted by molar-refractivity contribution is 4.75. The van der Waals surface area contributed by atoms with Gasteiger partial charge >= 0.3 is 12.1 Å². The largest absolute Gasteiger partial charge is 0.453 e. The van der Waals surface area contributed by atoms with Crippen molar-refractivity contribution in [3.05, 3.63) is 0 Å². The SMILES string of the molecule is FC(F)(F)C(F)(F)CCCCCCCCCCCCCCOCC1CCCO1. The summed E-state index contributed by atoms with van der Waals surface area (Å²) in [4.78, 5) is 0. The second kappa shape index (κ2) is 14.5. The summed E-state index contributed by atoms with van der Waals surface area (Å²) in [5.74, 6) is -4.54. The number of rotatable bonds is 17. The Bertz CT molecular complexity index is 368. The van der Waals surface area contributed by atoms with E-state index in [1.807, 2.05) is 0 Å². The Labute approximate surface area is 166 Å². The maximum absolute atomic E-state index is 12.7. The monoisotopic (exact) mass is 416 g/mol. The Morgan fingerprint density at radius 3 is 1.68 bits per heavy atom. The number of halogens is 5. The average Bonchev–Trinajstić information content (AvgIpc) is 3.13. The molecule has 1 aliphatic rings. The Balaban J connectivity index is 1.74. The average molecular weight is 417 g/mol. The number of hydrogen-bond acceptors (Lipinski definition) is 2. The van der Waals surface area contributed by atoms with Crippen LogP contribution >= 0.6 is 0 Å². The van der Waals surface area contributed by atoms with Crippen molar-refractivity contribution < 1.29 is 31.4 Å². The highest BCUT2D eigenvalue weighted by atomic mass is 19.4. The molecule has 0 amide bonds. The lowest BCUT2D eigenvalue weighted by Crippen LogP contribution is -2.36. The van der Waals surface area contributed by atoms with Crippen molar-refractivity contribution in [2.45, 2.75) is 115 Å². The van der Waals surface area contributed by atoms with E-state index in [0.29, 0.717) is 12.5 Å². The molecule has 0 N–H and O–H groups in total. The van der Waals surface area contributed by atoms with E-state index >= 15 is 0 Å². The molecule has 1 atom stereocenters. The van der Waals surface area contributed by atoms with Crippen molar-refractivity contribution in [3.8, 4) is 0 Å². The van der Waals surface area contributed by atoms with Gasteiger partial charge in [-0.3, -0.25) is 0 Å². The van der Waals surface area contributed by atoms with Gasteiger partial charge in [0.15, 0.2) is 0 Å². The predicted molar refractivity (Wildman–Crippen MR) is 101 cm³/mol. The van der Waals surface area contributed by atoms with E-state index in [9.17, 15) is 22.0 Å². The van der Waals surface area contributed by atoms with Crippen LogP contribution in [0, 0.1) is 0 Å². The molecule has 0 aliphatic carbocycles. The smallest absolute Gasteiger partial charge is 0.379 e. The molecule has 1 saturated heterocycles. The van der Waals surface area contributed by atoms with E-state index < -0.39 is 18.5 Å². The third-order valence-corrected chi connectivity index (χ3v) is 5.27. The van der Waals surface area contributed by atoms with Gasteiger partial charge in [0.2, 0.25) is 0 Å². The molecule has 0 spiro atoms. The van der Waals surface area contributed by atoms with E-state index in [1.165, 1.54) is 32.1 Å². The minimum Gasteiger partial charge on any atom is -0.379 e. The zero-order valence-corrected chi connectivity index (χ0v) is 17.0. The molecule has 28 heavy (non-hydrogen) atoms. The van der Waals surface area contributed by atoms with Gasteiger partial charge < -0.3 is 9.47 Å². The summed E-state index contributed by atoms with van der Waals surface area (Å²) in [7, 11) is 0. The minimum atomic E-state index is -5.41. The van der Waals surface area contributed by atoms with Gasteiger partial charge in [-0.1, -0.05) is 64.2 Å². The maximum Gasteiger partial charge on any atom is 0.453 e. The number of ether oxygens (including phenoxy) is 2. The Kier molecular flexibility index (Phi) is 13.3. The summed E-state index contributed by atoms with van der Waals surface area (Å²) >= 11 is 0. The van der Waals surface area contributed by atoms with Gasteiger partial charge in [-0.15, -0.1) is 0 Å². The van der Waals surface area contributed by atoms with E-state index in [1.54, 1.807) is 0 Å². The molecule has 0 radical (unpaired) electrons. The second-order valence-electron chi connectivity index (χ2n) is 7.90. The van der Waals surface area contributed by atoms with E-state index in [-0.39, 0.29) is 6.42 Å². The lowest BCUT2D eigenvalue weighted by atomic mass is 10.0. The van der Waals surface area contributed by atoms with Crippen LogP contribution in [0.3, 0.4) is 0 Å². The summed E-state index contributed by atoms with van der Waals surface area (Å²) in [6.07, 6.45) is 7.35. The first kappa shape index (κ1) is 25.6. The number of alkyl halides is 5. The fraction of sp³-hybridized carbons (Fsp3) is 1.00. The van der Waals surface area contributed by atoms with Gasteiger partial charge in [-0.25, -0.2) is 0 Å². The third kappa shape index (κ3) is 12.2. The molecule has 1 heterocycles. The molecule has 1 rings (SSSR count). The molecular weight excluding hydrogens is 379 g/mol. The van der Waals surface area contributed by atoms with Crippen molar-refractivity contribution in [2.24, 2.45) is 0 Å². The molecular formula is C21H37F5O2. The zero-order valence-electron chi connectivity index (χ0n) is 17.0. The molecule has 2 nitrogen and oxygen atoms in total. The molecule has 7 heteroatoms. The lowest BCUT2D eigenvalue weighted by Gasteiger charge is -2.19. The maximum atomic E-state index is 12.7.